The number of hydrogen-bond acceptors (Lipinski definition) is 2. The van der Waals surface area contributed by atoms with Crippen LogP contribution in [0.25, 0.3) is 0 Å². The van der Waals surface area contributed by atoms with E-state index in [1.807, 2.05) is 0 Å². The van der Waals surface area contributed by atoms with Crippen molar-refractivity contribution in [2.75, 3.05) is 5.32 Å². The molecule has 0 aliphatic heterocycles. The third-order valence-corrected chi connectivity index (χ3v) is 3.55. The normalized spacial score (nSPS) is 14.9. The van der Waals surface area contributed by atoms with E-state index in [1.165, 1.54) is 17.8 Å². The van der Waals surface area contributed by atoms with Crippen LogP contribution in [-0.4, -0.2) is 15.8 Å². The Morgan fingerprint density at radius 3 is 2.31 bits per heavy atom. The number of hydrogen-bond donors (Lipinski definition) is 1. The second kappa shape index (κ2) is 5.37. The first-order chi connectivity index (χ1) is 7.51. The minimum absolute atomic E-state index is 0.497. The van der Waals surface area contributed by atoms with Gasteiger partial charge in [-0.1, -0.05) is 20.3 Å². The lowest BCUT2D eigenvalue weighted by Gasteiger charge is -2.21. The summed E-state index contributed by atoms with van der Waals surface area (Å²) in [6.07, 6.45) is 1.20. The molecule has 2 atom stereocenters. The molecule has 3 heteroatoms. The maximum absolute atomic E-state index is 4.52. The molecule has 0 radical (unpaired) electrons. The smallest absolute Gasteiger partial charge is 0.0828 e. The number of aryl methyl sites for hydroxylation is 2. The predicted molar refractivity (Wildman–Crippen MR) is 69.9 cm³/mol. The average molecular weight is 223 g/mol. The SMILES string of the molecule is CCC(C)C(C)Nc1c(C)nn(CC)c1C. The van der Waals surface area contributed by atoms with E-state index in [0.717, 1.165) is 12.2 Å². The zero-order valence-corrected chi connectivity index (χ0v) is 11.5. The van der Waals surface area contributed by atoms with Crippen molar-refractivity contribution in [1.29, 1.82) is 0 Å². The van der Waals surface area contributed by atoms with Crippen molar-refractivity contribution in [3.05, 3.63) is 11.4 Å². The van der Waals surface area contributed by atoms with Crippen LogP contribution in [0.5, 0.6) is 0 Å². The van der Waals surface area contributed by atoms with Crippen LogP contribution in [-0.2, 0) is 6.54 Å². The Balaban J connectivity index is 2.84. The highest BCUT2D eigenvalue weighted by molar-refractivity contribution is 5.52. The van der Waals surface area contributed by atoms with E-state index in [9.17, 15) is 0 Å². The third-order valence-electron chi connectivity index (χ3n) is 3.55. The first kappa shape index (κ1) is 13.1. The highest BCUT2D eigenvalue weighted by Crippen LogP contribution is 2.22. The fourth-order valence-corrected chi connectivity index (χ4v) is 1.94. The molecule has 2 unspecified atom stereocenters. The van der Waals surface area contributed by atoms with E-state index in [1.54, 1.807) is 0 Å². The van der Waals surface area contributed by atoms with Gasteiger partial charge in [0, 0.05) is 12.6 Å². The Morgan fingerprint density at radius 2 is 1.88 bits per heavy atom. The van der Waals surface area contributed by atoms with Gasteiger partial charge in [-0.15, -0.1) is 0 Å². The summed E-state index contributed by atoms with van der Waals surface area (Å²) in [7, 11) is 0. The van der Waals surface area contributed by atoms with Crippen molar-refractivity contribution in [3.8, 4) is 0 Å². The van der Waals surface area contributed by atoms with Crippen molar-refractivity contribution < 1.29 is 0 Å². The van der Waals surface area contributed by atoms with Gasteiger partial charge in [-0.25, -0.2) is 0 Å². The van der Waals surface area contributed by atoms with Crippen molar-refractivity contribution in [2.45, 2.75) is 60.5 Å². The highest BCUT2D eigenvalue weighted by atomic mass is 15.3. The van der Waals surface area contributed by atoms with Crippen LogP contribution < -0.4 is 5.32 Å². The van der Waals surface area contributed by atoms with E-state index >= 15 is 0 Å². The van der Waals surface area contributed by atoms with Crippen LogP contribution >= 0.6 is 0 Å². The molecule has 1 N–H and O–H groups in total. The monoisotopic (exact) mass is 223 g/mol. The maximum Gasteiger partial charge on any atom is 0.0828 e. The van der Waals surface area contributed by atoms with Crippen molar-refractivity contribution in [1.82, 2.24) is 9.78 Å². The van der Waals surface area contributed by atoms with Gasteiger partial charge < -0.3 is 5.32 Å². The topological polar surface area (TPSA) is 29.9 Å². The summed E-state index contributed by atoms with van der Waals surface area (Å²) in [5, 5.41) is 8.12. The van der Waals surface area contributed by atoms with Gasteiger partial charge in [-0.05, 0) is 33.6 Å². The van der Waals surface area contributed by atoms with Crippen LogP contribution in [0.2, 0.25) is 0 Å². The summed E-state index contributed by atoms with van der Waals surface area (Å²) in [5.74, 6) is 0.684. The first-order valence-corrected chi connectivity index (χ1v) is 6.31. The van der Waals surface area contributed by atoms with Crippen LogP contribution in [0.15, 0.2) is 0 Å². The lowest BCUT2D eigenvalue weighted by molar-refractivity contribution is 0.494. The second-order valence-electron chi connectivity index (χ2n) is 4.68. The van der Waals surface area contributed by atoms with Gasteiger partial charge in [0.1, 0.15) is 0 Å². The van der Waals surface area contributed by atoms with E-state index in [-0.39, 0.29) is 0 Å². The van der Waals surface area contributed by atoms with Crippen molar-refractivity contribution in [3.63, 3.8) is 0 Å². The molecule has 1 aromatic rings. The third kappa shape index (κ3) is 2.57. The molecule has 0 saturated heterocycles. The fraction of sp³-hybridized carbons (Fsp3) is 0.769. The lowest BCUT2D eigenvalue weighted by Crippen LogP contribution is -2.23. The Kier molecular flexibility index (Phi) is 4.39. The Bertz CT molecular complexity index is 341. The molecule has 0 saturated carbocycles. The largest absolute Gasteiger partial charge is 0.379 e. The molecule has 1 heterocycles. The van der Waals surface area contributed by atoms with Gasteiger partial charge in [0.15, 0.2) is 0 Å². The standard InChI is InChI=1S/C13H25N3/c1-7-9(3)10(4)14-13-11(5)15-16(8-2)12(13)6/h9-10,14H,7-8H2,1-6H3. The summed E-state index contributed by atoms with van der Waals surface area (Å²) in [5.41, 5.74) is 3.57. The lowest BCUT2D eigenvalue weighted by atomic mass is 10.0. The van der Waals surface area contributed by atoms with Crippen LogP contribution in [0.3, 0.4) is 0 Å². The molecule has 0 aliphatic carbocycles. The average Bonchev–Trinajstić information content (AvgIpc) is 2.55. The van der Waals surface area contributed by atoms with E-state index in [2.05, 4.69) is 56.6 Å². The summed E-state index contributed by atoms with van der Waals surface area (Å²) in [6.45, 7) is 14.0. The minimum Gasteiger partial charge on any atom is -0.379 e. The molecule has 3 nitrogen and oxygen atoms in total. The first-order valence-electron chi connectivity index (χ1n) is 6.31. The molecular weight excluding hydrogens is 198 g/mol. The summed E-state index contributed by atoms with van der Waals surface area (Å²) in [4.78, 5) is 0. The molecule has 0 amide bonds. The Hall–Kier alpha value is -0.990. The van der Waals surface area contributed by atoms with E-state index in [4.69, 9.17) is 0 Å². The molecular formula is C13H25N3. The molecule has 0 fully saturated rings. The zero-order valence-electron chi connectivity index (χ0n) is 11.5. The molecule has 0 spiro atoms. The summed E-state index contributed by atoms with van der Waals surface area (Å²) in [6, 6.07) is 0.497. The Morgan fingerprint density at radius 1 is 1.25 bits per heavy atom. The van der Waals surface area contributed by atoms with Crippen LogP contribution in [0.4, 0.5) is 5.69 Å². The fourth-order valence-electron chi connectivity index (χ4n) is 1.94. The van der Waals surface area contributed by atoms with Gasteiger partial charge in [0.2, 0.25) is 0 Å². The van der Waals surface area contributed by atoms with E-state index < -0.39 is 0 Å². The number of nitrogens with one attached hydrogen (secondary N) is 1. The van der Waals surface area contributed by atoms with Gasteiger partial charge in [0.05, 0.1) is 17.1 Å². The predicted octanol–water partition coefficient (Wildman–Crippen LogP) is 3.37. The molecule has 0 bridgehead atoms. The quantitative estimate of drug-likeness (QED) is 0.829. The van der Waals surface area contributed by atoms with E-state index in [0.29, 0.717) is 12.0 Å². The molecule has 92 valence electrons. The molecule has 1 aromatic heterocycles. The summed E-state index contributed by atoms with van der Waals surface area (Å²) < 4.78 is 2.06. The summed E-state index contributed by atoms with van der Waals surface area (Å²) >= 11 is 0. The maximum atomic E-state index is 4.52. The van der Waals surface area contributed by atoms with Crippen LogP contribution in [0, 0.1) is 19.8 Å². The Labute approximate surface area is 99.2 Å². The van der Waals surface area contributed by atoms with Gasteiger partial charge in [0.25, 0.3) is 0 Å². The number of aromatic nitrogens is 2. The van der Waals surface area contributed by atoms with Gasteiger partial charge in [-0.2, -0.15) is 5.10 Å². The van der Waals surface area contributed by atoms with Crippen molar-refractivity contribution in [2.24, 2.45) is 5.92 Å². The molecule has 0 aliphatic rings. The minimum atomic E-state index is 0.497. The zero-order chi connectivity index (χ0) is 12.3. The second-order valence-corrected chi connectivity index (χ2v) is 4.68. The van der Waals surface area contributed by atoms with Gasteiger partial charge in [-0.3, -0.25) is 4.68 Å². The van der Waals surface area contributed by atoms with Gasteiger partial charge >= 0.3 is 0 Å². The number of rotatable bonds is 5. The van der Waals surface area contributed by atoms with Crippen LogP contribution in [0.1, 0.15) is 45.5 Å². The number of nitrogens with zero attached hydrogens (tertiary/aromatic N) is 2. The number of anilines is 1. The van der Waals surface area contributed by atoms with Crippen molar-refractivity contribution >= 4 is 5.69 Å². The molecule has 1 rings (SSSR count). The highest BCUT2D eigenvalue weighted by Gasteiger charge is 2.15. The molecule has 16 heavy (non-hydrogen) atoms. The molecule has 0 aromatic carbocycles.